The van der Waals surface area contributed by atoms with Gasteiger partial charge in [-0.1, -0.05) is 53.3 Å². The molecule has 0 aliphatic rings. The number of para-hydroxylation sites is 1. The molecule has 4 rings (SSSR count). The molecule has 28 heavy (non-hydrogen) atoms. The molecular formula is C20H16ClN5OS. The number of aromatic nitrogens is 2. The van der Waals surface area contributed by atoms with Crippen molar-refractivity contribution in [3.05, 3.63) is 70.1 Å². The third-order valence-corrected chi connectivity index (χ3v) is 5.54. The molecule has 0 aliphatic carbocycles. The molecule has 2 aromatic heterocycles. The number of pyridine rings is 1. The van der Waals surface area contributed by atoms with E-state index in [2.05, 4.69) is 15.3 Å². The lowest BCUT2D eigenvalue weighted by atomic mass is 10.0. The van der Waals surface area contributed by atoms with Crippen molar-refractivity contribution in [2.24, 2.45) is 11.5 Å². The number of thiazole rings is 1. The lowest BCUT2D eigenvalue weighted by Gasteiger charge is -2.08. The van der Waals surface area contributed by atoms with Gasteiger partial charge in [-0.2, -0.15) is 0 Å². The first kappa shape index (κ1) is 18.4. The molecule has 2 heterocycles. The van der Waals surface area contributed by atoms with Gasteiger partial charge >= 0.3 is 0 Å². The van der Waals surface area contributed by atoms with Gasteiger partial charge in [0, 0.05) is 17.5 Å². The maximum absolute atomic E-state index is 12.0. The van der Waals surface area contributed by atoms with Gasteiger partial charge in [-0.3, -0.25) is 4.79 Å². The van der Waals surface area contributed by atoms with Crippen LogP contribution in [-0.2, 0) is 6.54 Å². The second kappa shape index (κ2) is 7.55. The third kappa shape index (κ3) is 3.43. The predicted molar refractivity (Wildman–Crippen MR) is 114 cm³/mol. The molecule has 0 aliphatic heterocycles. The van der Waals surface area contributed by atoms with E-state index >= 15 is 0 Å². The fourth-order valence-corrected chi connectivity index (χ4v) is 4.07. The van der Waals surface area contributed by atoms with Crippen LogP contribution in [0.1, 0.15) is 15.2 Å². The summed E-state index contributed by atoms with van der Waals surface area (Å²) in [5, 5.41) is 5.15. The Bertz CT molecular complexity index is 1190. The molecule has 2 aromatic carbocycles. The smallest absolute Gasteiger partial charge is 0.261 e. The van der Waals surface area contributed by atoms with E-state index in [9.17, 15) is 4.79 Å². The third-order valence-electron chi connectivity index (χ3n) is 4.24. The second-order valence-electron chi connectivity index (χ2n) is 6.05. The van der Waals surface area contributed by atoms with Crippen LogP contribution in [0, 0.1) is 0 Å². The summed E-state index contributed by atoms with van der Waals surface area (Å²) in [6.45, 7) is 0.264. The highest BCUT2D eigenvalue weighted by Gasteiger charge is 2.21. The number of nitrogens with one attached hydrogen (secondary N) is 1. The van der Waals surface area contributed by atoms with Crippen LogP contribution in [0.4, 0.5) is 10.9 Å². The summed E-state index contributed by atoms with van der Waals surface area (Å²) in [4.78, 5) is 21.5. The first-order chi connectivity index (χ1) is 13.6. The average Bonchev–Trinajstić information content (AvgIpc) is 3.11. The molecule has 0 atom stereocenters. The first-order valence-electron chi connectivity index (χ1n) is 8.48. The maximum Gasteiger partial charge on any atom is 0.261 e. The van der Waals surface area contributed by atoms with Gasteiger partial charge in [0.2, 0.25) is 0 Å². The number of rotatable bonds is 5. The molecule has 140 valence electrons. The zero-order valence-electron chi connectivity index (χ0n) is 14.6. The van der Waals surface area contributed by atoms with Crippen LogP contribution in [0.25, 0.3) is 22.2 Å². The van der Waals surface area contributed by atoms with Crippen LogP contribution in [-0.4, -0.2) is 15.9 Å². The highest BCUT2D eigenvalue weighted by atomic mass is 35.5. The average molecular weight is 410 g/mol. The summed E-state index contributed by atoms with van der Waals surface area (Å²) in [5.41, 5.74) is 14.1. The lowest BCUT2D eigenvalue weighted by molar-refractivity contribution is 0.100. The highest BCUT2D eigenvalue weighted by Crippen LogP contribution is 2.37. The van der Waals surface area contributed by atoms with Gasteiger partial charge in [0.25, 0.3) is 5.91 Å². The van der Waals surface area contributed by atoms with Crippen molar-refractivity contribution < 1.29 is 4.79 Å². The molecule has 0 spiro atoms. The maximum atomic E-state index is 12.0. The Labute approximate surface area is 170 Å². The molecule has 8 heteroatoms. The number of benzene rings is 2. The van der Waals surface area contributed by atoms with Crippen molar-refractivity contribution >= 4 is 50.7 Å². The van der Waals surface area contributed by atoms with Gasteiger partial charge in [0.1, 0.15) is 10.7 Å². The zero-order chi connectivity index (χ0) is 19.7. The summed E-state index contributed by atoms with van der Waals surface area (Å²) >= 11 is 7.53. The monoisotopic (exact) mass is 409 g/mol. The van der Waals surface area contributed by atoms with E-state index in [1.165, 1.54) is 0 Å². The van der Waals surface area contributed by atoms with Crippen molar-refractivity contribution in [1.82, 2.24) is 9.97 Å². The molecule has 0 saturated heterocycles. The number of amides is 1. The van der Waals surface area contributed by atoms with Crippen molar-refractivity contribution in [1.29, 1.82) is 0 Å². The Hall–Kier alpha value is -3.00. The van der Waals surface area contributed by atoms with E-state index < -0.39 is 5.91 Å². The number of primary amides is 1. The summed E-state index contributed by atoms with van der Waals surface area (Å²) in [7, 11) is 0. The van der Waals surface area contributed by atoms with Crippen molar-refractivity contribution in [2.45, 2.75) is 6.54 Å². The molecule has 0 bridgehead atoms. The van der Waals surface area contributed by atoms with Crippen molar-refractivity contribution in [3.8, 4) is 11.3 Å². The minimum atomic E-state index is -0.574. The molecule has 1 amide bonds. The Morgan fingerprint density at radius 1 is 1.07 bits per heavy atom. The summed E-state index contributed by atoms with van der Waals surface area (Å²) in [5.74, 6) is 0.0446. The van der Waals surface area contributed by atoms with Crippen molar-refractivity contribution in [3.63, 3.8) is 0 Å². The number of halogens is 1. The van der Waals surface area contributed by atoms with Crippen LogP contribution >= 0.6 is 22.9 Å². The molecule has 5 N–H and O–H groups in total. The van der Waals surface area contributed by atoms with Crippen LogP contribution < -0.4 is 16.8 Å². The number of hydrogen-bond donors (Lipinski definition) is 3. The minimum absolute atomic E-state index is 0.264. The van der Waals surface area contributed by atoms with E-state index in [-0.39, 0.29) is 6.54 Å². The first-order valence-corrected chi connectivity index (χ1v) is 9.67. The molecule has 6 nitrogen and oxygen atoms in total. The van der Waals surface area contributed by atoms with Gasteiger partial charge < -0.3 is 16.8 Å². The number of hydrogen-bond acceptors (Lipinski definition) is 6. The van der Waals surface area contributed by atoms with Gasteiger partial charge in [-0.05, 0) is 29.8 Å². The standard InChI is InChI=1S/C20H16ClN5OS/c21-13-6-3-5-12(10-22)16(13)17-18(19(23)27)28-20(26-17)25-15-9-8-11-4-1-2-7-14(11)24-15/h1-9H,10,22H2,(H2,23,27)(H,24,25,26). The molecule has 0 unspecified atom stereocenters. The Balaban J connectivity index is 1.77. The van der Waals surface area contributed by atoms with Gasteiger partial charge in [-0.15, -0.1) is 0 Å². The molecule has 0 saturated carbocycles. The van der Waals surface area contributed by atoms with E-state index in [0.717, 1.165) is 27.8 Å². The highest BCUT2D eigenvalue weighted by molar-refractivity contribution is 7.18. The van der Waals surface area contributed by atoms with Crippen LogP contribution in [0.3, 0.4) is 0 Å². The van der Waals surface area contributed by atoms with Gasteiger partial charge in [0.05, 0.1) is 16.2 Å². The predicted octanol–water partition coefficient (Wildman–Crippen LogP) is 4.31. The number of fused-ring (bicyclic) bond motifs is 1. The lowest BCUT2D eigenvalue weighted by Crippen LogP contribution is -2.11. The molecule has 0 radical (unpaired) electrons. The van der Waals surface area contributed by atoms with Crippen LogP contribution in [0.5, 0.6) is 0 Å². The summed E-state index contributed by atoms with van der Waals surface area (Å²) < 4.78 is 0. The van der Waals surface area contributed by atoms with E-state index in [1.54, 1.807) is 6.07 Å². The fourth-order valence-electron chi connectivity index (χ4n) is 2.96. The number of carbonyl (C=O) groups excluding carboxylic acids is 1. The number of carbonyl (C=O) groups is 1. The molecular weight excluding hydrogens is 394 g/mol. The normalized spacial score (nSPS) is 10.9. The fraction of sp³-hybridized carbons (Fsp3) is 0.0500. The van der Waals surface area contributed by atoms with E-state index in [1.807, 2.05) is 48.5 Å². The Morgan fingerprint density at radius 3 is 2.68 bits per heavy atom. The van der Waals surface area contributed by atoms with Crippen LogP contribution in [0.2, 0.25) is 5.02 Å². The summed E-state index contributed by atoms with van der Waals surface area (Å²) in [6, 6.07) is 17.0. The largest absolute Gasteiger partial charge is 0.365 e. The molecule has 4 aromatic rings. The Morgan fingerprint density at radius 2 is 1.89 bits per heavy atom. The number of nitrogens with two attached hydrogens (primary N) is 2. The van der Waals surface area contributed by atoms with Gasteiger partial charge in [0.15, 0.2) is 5.13 Å². The number of nitrogens with zero attached hydrogens (tertiary/aromatic N) is 2. The zero-order valence-corrected chi connectivity index (χ0v) is 16.2. The van der Waals surface area contributed by atoms with Crippen LogP contribution in [0.15, 0.2) is 54.6 Å². The molecule has 0 fully saturated rings. The number of anilines is 2. The van der Waals surface area contributed by atoms with Gasteiger partial charge in [-0.25, -0.2) is 9.97 Å². The topological polar surface area (TPSA) is 107 Å². The second-order valence-corrected chi connectivity index (χ2v) is 7.46. The Kier molecular flexibility index (Phi) is 4.95. The van der Waals surface area contributed by atoms with Crippen molar-refractivity contribution in [2.75, 3.05) is 5.32 Å². The van der Waals surface area contributed by atoms with E-state index in [0.29, 0.717) is 32.1 Å². The van der Waals surface area contributed by atoms with E-state index in [4.69, 9.17) is 23.1 Å². The quantitative estimate of drug-likeness (QED) is 0.455. The minimum Gasteiger partial charge on any atom is -0.365 e. The SMILES string of the molecule is NCc1cccc(Cl)c1-c1nc(Nc2ccc3ccccc3n2)sc1C(N)=O. The summed E-state index contributed by atoms with van der Waals surface area (Å²) in [6.07, 6.45) is 0.